The second-order valence-electron chi connectivity index (χ2n) is 4.24. The number of nitrogens with one attached hydrogen (secondary N) is 1. The van der Waals surface area contributed by atoms with Crippen LogP contribution in [-0.4, -0.2) is 20.2 Å². The summed E-state index contributed by atoms with van der Waals surface area (Å²) in [4.78, 5) is -0.369. The van der Waals surface area contributed by atoms with E-state index < -0.39 is 15.6 Å². The van der Waals surface area contributed by atoms with Crippen LogP contribution in [0.2, 0.25) is 0 Å². The minimum atomic E-state index is -4.51. The Bertz CT molecular complexity index is 512. The third kappa shape index (κ3) is 4.31. The normalized spacial score (nSPS) is 13.3. The van der Waals surface area contributed by atoms with E-state index in [-0.39, 0.29) is 10.9 Å². The molecule has 0 radical (unpaired) electrons. The zero-order valence-electron chi connectivity index (χ0n) is 10.6. The zero-order valence-corrected chi connectivity index (χ0v) is 11.5. The van der Waals surface area contributed by atoms with Crippen LogP contribution < -0.4 is 5.32 Å². The van der Waals surface area contributed by atoms with Gasteiger partial charge in [-0.3, -0.25) is 0 Å². The second-order valence-corrected chi connectivity index (χ2v) is 6.16. The van der Waals surface area contributed by atoms with E-state index in [2.05, 4.69) is 11.9 Å². The summed E-state index contributed by atoms with van der Waals surface area (Å²) in [5.41, 5.74) is 0.699. The number of hydrogen-bond donors (Lipinski definition) is 1. The molecule has 3 nitrogen and oxygen atoms in total. The summed E-state index contributed by atoms with van der Waals surface area (Å²) in [5, 5.41) is 3.15. The number of allylic oxidation sites excluding steroid dienone is 1. The Kier molecular flexibility index (Phi) is 5.47. The number of rotatable bonds is 7. The van der Waals surface area contributed by atoms with Gasteiger partial charge in [0.2, 0.25) is 9.84 Å². The highest BCUT2D eigenvalue weighted by Gasteiger charge is 2.26. The summed E-state index contributed by atoms with van der Waals surface area (Å²) in [6, 6.07) is 5.53. The molecule has 0 aliphatic carbocycles. The lowest BCUT2D eigenvalue weighted by Gasteiger charge is -2.14. The SMILES string of the molecule is C=CCCC(C)Nc1ccc(S(=O)(=O)C(F)F)cc1. The summed E-state index contributed by atoms with van der Waals surface area (Å²) >= 11 is 0. The highest BCUT2D eigenvalue weighted by atomic mass is 32.2. The molecular weight excluding hydrogens is 272 g/mol. The molecule has 1 rings (SSSR count). The van der Waals surface area contributed by atoms with Crippen molar-refractivity contribution in [2.75, 3.05) is 5.32 Å². The first-order valence-electron chi connectivity index (χ1n) is 5.87. The molecular formula is C13H17F2NO2S. The topological polar surface area (TPSA) is 46.2 Å². The molecule has 0 bridgehead atoms. The van der Waals surface area contributed by atoms with Crippen molar-refractivity contribution in [1.29, 1.82) is 0 Å². The van der Waals surface area contributed by atoms with Crippen LogP contribution >= 0.6 is 0 Å². The number of halogens is 2. The van der Waals surface area contributed by atoms with Crippen molar-refractivity contribution in [3.8, 4) is 0 Å². The lowest BCUT2D eigenvalue weighted by Crippen LogP contribution is -2.15. The molecule has 1 unspecified atom stereocenters. The van der Waals surface area contributed by atoms with E-state index in [0.717, 1.165) is 12.8 Å². The number of anilines is 1. The number of hydrogen-bond acceptors (Lipinski definition) is 3. The molecule has 0 aromatic heterocycles. The maximum Gasteiger partial charge on any atom is 0.341 e. The van der Waals surface area contributed by atoms with E-state index in [0.29, 0.717) is 5.69 Å². The van der Waals surface area contributed by atoms with E-state index in [1.165, 1.54) is 24.3 Å². The molecule has 0 spiro atoms. The number of alkyl halides is 2. The van der Waals surface area contributed by atoms with E-state index >= 15 is 0 Å². The third-order valence-electron chi connectivity index (χ3n) is 2.63. The van der Waals surface area contributed by atoms with Crippen molar-refractivity contribution in [2.45, 2.75) is 36.5 Å². The van der Waals surface area contributed by atoms with Crippen LogP contribution in [0.4, 0.5) is 14.5 Å². The molecule has 1 atom stereocenters. The third-order valence-corrected chi connectivity index (χ3v) is 4.03. The van der Waals surface area contributed by atoms with Gasteiger partial charge in [0, 0.05) is 11.7 Å². The van der Waals surface area contributed by atoms with Crippen LogP contribution in [0.25, 0.3) is 0 Å². The smallest absolute Gasteiger partial charge is 0.341 e. The number of benzene rings is 1. The molecule has 0 saturated carbocycles. The van der Waals surface area contributed by atoms with Crippen LogP contribution in [0.1, 0.15) is 19.8 Å². The molecule has 1 aromatic carbocycles. The van der Waals surface area contributed by atoms with Crippen molar-refractivity contribution >= 4 is 15.5 Å². The van der Waals surface area contributed by atoms with Crippen LogP contribution in [-0.2, 0) is 9.84 Å². The average molecular weight is 289 g/mol. The van der Waals surface area contributed by atoms with Gasteiger partial charge in [0.1, 0.15) is 0 Å². The highest BCUT2D eigenvalue weighted by molar-refractivity contribution is 7.91. The van der Waals surface area contributed by atoms with Gasteiger partial charge in [-0.2, -0.15) is 8.78 Å². The molecule has 1 N–H and O–H groups in total. The van der Waals surface area contributed by atoms with E-state index in [4.69, 9.17) is 0 Å². The summed E-state index contributed by atoms with van der Waals surface area (Å²) < 4.78 is 47.1. The summed E-state index contributed by atoms with van der Waals surface area (Å²) in [7, 11) is -4.51. The Labute approximate surface area is 112 Å². The summed E-state index contributed by atoms with van der Waals surface area (Å²) in [5.74, 6) is -3.39. The maximum atomic E-state index is 12.3. The average Bonchev–Trinajstić information content (AvgIpc) is 2.36. The lowest BCUT2D eigenvalue weighted by atomic mass is 10.1. The quantitative estimate of drug-likeness (QED) is 0.782. The van der Waals surface area contributed by atoms with Gasteiger partial charge >= 0.3 is 5.76 Å². The fourth-order valence-corrected chi connectivity index (χ4v) is 2.29. The fourth-order valence-electron chi connectivity index (χ4n) is 1.57. The van der Waals surface area contributed by atoms with Gasteiger partial charge in [0.05, 0.1) is 4.90 Å². The molecule has 1 aromatic rings. The fraction of sp³-hybridized carbons (Fsp3) is 0.385. The van der Waals surface area contributed by atoms with Gasteiger partial charge < -0.3 is 5.32 Å². The first kappa shape index (κ1) is 15.6. The molecule has 106 valence electrons. The van der Waals surface area contributed by atoms with Crippen LogP contribution in [0.5, 0.6) is 0 Å². The minimum absolute atomic E-state index is 0.190. The predicted molar refractivity (Wildman–Crippen MR) is 72.1 cm³/mol. The number of sulfone groups is 1. The first-order chi connectivity index (χ1) is 8.87. The standard InChI is InChI=1S/C13H17F2NO2S/c1-3-4-5-10(2)16-11-6-8-12(9-7-11)19(17,18)13(14)15/h3,6-10,13,16H,1,4-5H2,2H3. The Morgan fingerprint density at radius 2 is 1.89 bits per heavy atom. The van der Waals surface area contributed by atoms with Crippen LogP contribution in [0.3, 0.4) is 0 Å². The molecule has 0 amide bonds. The van der Waals surface area contributed by atoms with Crippen molar-refractivity contribution in [1.82, 2.24) is 0 Å². The largest absolute Gasteiger partial charge is 0.383 e. The molecule has 6 heteroatoms. The molecule has 0 saturated heterocycles. The monoisotopic (exact) mass is 289 g/mol. The Morgan fingerprint density at radius 3 is 2.37 bits per heavy atom. The zero-order chi connectivity index (χ0) is 14.5. The Balaban J connectivity index is 2.75. The van der Waals surface area contributed by atoms with Gasteiger partial charge in [-0.1, -0.05) is 6.08 Å². The van der Waals surface area contributed by atoms with Gasteiger partial charge in [0.25, 0.3) is 0 Å². The molecule has 0 aliphatic heterocycles. The maximum absolute atomic E-state index is 12.3. The molecule has 19 heavy (non-hydrogen) atoms. The Morgan fingerprint density at radius 1 is 1.32 bits per heavy atom. The molecule has 0 heterocycles. The lowest BCUT2D eigenvalue weighted by molar-refractivity contribution is 0.234. The van der Waals surface area contributed by atoms with Crippen molar-refractivity contribution < 1.29 is 17.2 Å². The Hall–Kier alpha value is -1.43. The summed E-state index contributed by atoms with van der Waals surface area (Å²) in [6.07, 6.45) is 3.57. The predicted octanol–water partition coefficient (Wildman–Crippen LogP) is 3.45. The highest BCUT2D eigenvalue weighted by Crippen LogP contribution is 2.20. The summed E-state index contributed by atoms with van der Waals surface area (Å²) in [6.45, 7) is 5.61. The molecule has 0 fully saturated rings. The van der Waals surface area contributed by atoms with Crippen LogP contribution in [0, 0.1) is 0 Å². The van der Waals surface area contributed by atoms with Crippen molar-refractivity contribution in [2.24, 2.45) is 0 Å². The molecule has 0 aliphatic rings. The van der Waals surface area contributed by atoms with Gasteiger partial charge in [-0.15, -0.1) is 6.58 Å². The van der Waals surface area contributed by atoms with E-state index in [1.54, 1.807) is 0 Å². The van der Waals surface area contributed by atoms with E-state index in [1.807, 2.05) is 13.0 Å². The minimum Gasteiger partial charge on any atom is -0.383 e. The van der Waals surface area contributed by atoms with Crippen LogP contribution in [0.15, 0.2) is 41.8 Å². The van der Waals surface area contributed by atoms with Gasteiger partial charge in [-0.25, -0.2) is 8.42 Å². The first-order valence-corrected chi connectivity index (χ1v) is 7.42. The second kappa shape index (κ2) is 6.65. The van der Waals surface area contributed by atoms with E-state index in [9.17, 15) is 17.2 Å². The van der Waals surface area contributed by atoms with Crippen molar-refractivity contribution in [3.63, 3.8) is 0 Å². The van der Waals surface area contributed by atoms with Gasteiger partial charge in [0.15, 0.2) is 0 Å². The van der Waals surface area contributed by atoms with Gasteiger partial charge in [-0.05, 0) is 44.0 Å². The van der Waals surface area contributed by atoms with Crippen molar-refractivity contribution in [3.05, 3.63) is 36.9 Å².